The average molecular weight is 285 g/mol. The third-order valence-corrected chi connectivity index (χ3v) is 6.19. The summed E-state index contributed by atoms with van der Waals surface area (Å²) < 4.78 is 6.10. The van der Waals surface area contributed by atoms with Gasteiger partial charge in [0.15, 0.2) is 5.76 Å². The lowest BCUT2D eigenvalue weighted by molar-refractivity contribution is -0.0899. The second kappa shape index (κ2) is 3.62. The van der Waals surface area contributed by atoms with Crippen molar-refractivity contribution in [1.82, 2.24) is 4.90 Å². The minimum Gasteiger partial charge on any atom is -0.504 e. The molecule has 1 spiro atoms. The topological polar surface area (TPSA) is 52.9 Å². The van der Waals surface area contributed by atoms with Gasteiger partial charge in [0.25, 0.3) is 0 Å². The standard InChI is InChI=1S/C17H19NO3/c1-18-7-6-17-10-3-5-13(20)16(17)21-15-12(19)4-2-9(14(15)17)8-11(10)18/h2-5,8,10-11,13-14,16,19-20H,6-7H2,1H3/t10-,11+,13-,14?,16-,17?/m0/s1. The van der Waals surface area contributed by atoms with Crippen molar-refractivity contribution in [1.29, 1.82) is 0 Å². The predicted octanol–water partition coefficient (Wildman–Crippen LogP) is 1.52. The zero-order chi connectivity index (χ0) is 14.4. The number of allylic oxidation sites excluding steroid dienone is 3. The van der Waals surface area contributed by atoms with Crippen molar-refractivity contribution in [2.75, 3.05) is 13.6 Å². The van der Waals surface area contributed by atoms with Crippen LogP contribution in [0.3, 0.4) is 0 Å². The molecule has 0 saturated carbocycles. The third kappa shape index (κ3) is 1.21. The molecule has 6 atom stereocenters. The Labute approximate surface area is 123 Å². The van der Waals surface area contributed by atoms with Crippen LogP contribution in [0.15, 0.2) is 47.5 Å². The SMILES string of the molecule is CN1CCC23C4C5=C[C@@H]1[C@@H]2C=C[C@H](O)[C@@H]3OC4=C(O)C=C5. The smallest absolute Gasteiger partial charge is 0.153 e. The quantitative estimate of drug-likeness (QED) is 0.663. The van der Waals surface area contributed by atoms with E-state index in [2.05, 4.69) is 24.1 Å². The first-order valence-electron chi connectivity index (χ1n) is 7.69. The van der Waals surface area contributed by atoms with Gasteiger partial charge >= 0.3 is 0 Å². The highest BCUT2D eigenvalue weighted by atomic mass is 16.5. The van der Waals surface area contributed by atoms with Crippen molar-refractivity contribution in [3.05, 3.63) is 47.5 Å². The fraction of sp³-hybridized carbons (Fsp3) is 0.529. The molecule has 0 aromatic rings. The molecule has 0 aromatic heterocycles. The van der Waals surface area contributed by atoms with E-state index in [0.29, 0.717) is 17.7 Å². The van der Waals surface area contributed by atoms with Crippen molar-refractivity contribution < 1.29 is 14.9 Å². The van der Waals surface area contributed by atoms with Crippen LogP contribution in [-0.4, -0.2) is 47.0 Å². The summed E-state index contributed by atoms with van der Waals surface area (Å²) in [5, 5.41) is 20.7. The zero-order valence-corrected chi connectivity index (χ0v) is 11.9. The highest BCUT2D eigenvalue weighted by Crippen LogP contribution is 2.65. The molecule has 0 amide bonds. The van der Waals surface area contributed by atoms with Crippen LogP contribution in [0.5, 0.6) is 0 Å². The Hall–Kier alpha value is -1.52. The fourth-order valence-corrected chi connectivity index (χ4v) is 5.29. The Morgan fingerprint density at radius 1 is 1.33 bits per heavy atom. The molecule has 4 heteroatoms. The summed E-state index contributed by atoms with van der Waals surface area (Å²) in [7, 11) is 2.17. The van der Waals surface area contributed by atoms with Crippen LogP contribution >= 0.6 is 0 Å². The molecule has 0 aromatic carbocycles. The lowest BCUT2D eigenvalue weighted by atomic mass is 9.51. The lowest BCUT2D eigenvalue weighted by Crippen LogP contribution is -2.62. The highest BCUT2D eigenvalue weighted by molar-refractivity contribution is 5.49. The summed E-state index contributed by atoms with van der Waals surface area (Å²) in [5.41, 5.74) is 1.13. The van der Waals surface area contributed by atoms with Gasteiger partial charge in [0.1, 0.15) is 18.0 Å². The summed E-state index contributed by atoms with van der Waals surface area (Å²) >= 11 is 0. The number of aliphatic hydroxyl groups excluding tert-OH is 2. The molecule has 0 radical (unpaired) electrons. The van der Waals surface area contributed by atoms with E-state index in [9.17, 15) is 10.2 Å². The van der Waals surface area contributed by atoms with Gasteiger partial charge in [-0.25, -0.2) is 0 Å². The van der Waals surface area contributed by atoms with Gasteiger partial charge in [-0.1, -0.05) is 24.3 Å². The molecular formula is C17H19NO3. The zero-order valence-electron chi connectivity index (χ0n) is 11.9. The summed E-state index contributed by atoms with van der Waals surface area (Å²) in [6.45, 7) is 1.000. The number of piperidine rings is 1. The molecule has 21 heavy (non-hydrogen) atoms. The Bertz CT molecular complexity index is 646. The molecule has 2 saturated heterocycles. The van der Waals surface area contributed by atoms with Gasteiger partial charge < -0.3 is 14.9 Å². The van der Waals surface area contributed by atoms with E-state index < -0.39 is 6.10 Å². The monoisotopic (exact) mass is 285 g/mol. The van der Waals surface area contributed by atoms with Crippen LogP contribution in [0.2, 0.25) is 0 Å². The first-order valence-corrected chi connectivity index (χ1v) is 7.69. The van der Waals surface area contributed by atoms with Gasteiger partial charge in [0.2, 0.25) is 0 Å². The molecule has 2 unspecified atom stereocenters. The number of nitrogens with zero attached hydrogens (tertiary/aromatic N) is 1. The third-order valence-electron chi connectivity index (χ3n) is 6.19. The van der Waals surface area contributed by atoms with Crippen LogP contribution in [0.1, 0.15) is 6.42 Å². The molecular weight excluding hydrogens is 266 g/mol. The molecule has 2 N–H and O–H groups in total. The molecule has 4 nitrogen and oxygen atoms in total. The average Bonchev–Trinajstić information content (AvgIpc) is 2.83. The van der Waals surface area contributed by atoms with Gasteiger partial charge in [0, 0.05) is 17.4 Å². The summed E-state index contributed by atoms with van der Waals surface area (Å²) in [4.78, 5) is 2.39. The van der Waals surface area contributed by atoms with E-state index in [4.69, 9.17) is 4.74 Å². The number of hydrogen-bond acceptors (Lipinski definition) is 4. The summed E-state index contributed by atoms with van der Waals surface area (Å²) in [5.74, 6) is 1.34. The maximum atomic E-state index is 10.4. The number of aliphatic hydroxyl groups is 2. The number of likely N-dealkylation sites (N-methyl/N-ethyl adjacent to an activating group) is 1. The van der Waals surface area contributed by atoms with Crippen LogP contribution in [0.25, 0.3) is 0 Å². The van der Waals surface area contributed by atoms with Crippen molar-refractivity contribution in [3.8, 4) is 0 Å². The lowest BCUT2D eigenvalue weighted by Gasteiger charge is -2.57. The maximum absolute atomic E-state index is 10.4. The Kier molecular flexibility index (Phi) is 2.08. The molecule has 5 rings (SSSR count). The van der Waals surface area contributed by atoms with Crippen LogP contribution in [0, 0.1) is 17.3 Å². The van der Waals surface area contributed by atoms with Crippen LogP contribution in [0.4, 0.5) is 0 Å². The van der Waals surface area contributed by atoms with Gasteiger partial charge in [-0.05, 0) is 31.7 Å². The molecule has 110 valence electrons. The highest BCUT2D eigenvalue weighted by Gasteiger charge is 2.67. The fourth-order valence-electron chi connectivity index (χ4n) is 5.29. The molecule has 2 heterocycles. The van der Waals surface area contributed by atoms with Gasteiger partial charge in [0.05, 0.1) is 5.92 Å². The Morgan fingerprint density at radius 3 is 3.05 bits per heavy atom. The second-order valence-corrected chi connectivity index (χ2v) is 6.96. The maximum Gasteiger partial charge on any atom is 0.153 e. The van der Waals surface area contributed by atoms with E-state index in [1.807, 2.05) is 12.2 Å². The predicted molar refractivity (Wildman–Crippen MR) is 77.3 cm³/mol. The van der Waals surface area contributed by atoms with E-state index in [1.54, 1.807) is 6.08 Å². The number of likely N-dealkylation sites (tertiary alicyclic amines) is 1. The van der Waals surface area contributed by atoms with E-state index in [-0.39, 0.29) is 23.2 Å². The Balaban J connectivity index is 1.81. The van der Waals surface area contributed by atoms with Crippen LogP contribution < -0.4 is 0 Å². The van der Waals surface area contributed by atoms with Gasteiger partial charge in [-0.3, -0.25) is 4.90 Å². The second-order valence-electron chi connectivity index (χ2n) is 6.96. The number of ether oxygens (including phenoxy) is 1. The molecule has 2 fully saturated rings. The van der Waals surface area contributed by atoms with E-state index >= 15 is 0 Å². The molecule has 3 aliphatic carbocycles. The van der Waals surface area contributed by atoms with Crippen molar-refractivity contribution in [2.45, 2.75) is 24.7 Å². The molecule has 5 aliphatic rings. The summed E-state index contributed by atoms with van der Waals surface area (Å²) in [6, 6.07) is 0.351. The van der Waals surface area contributed by atoms with E-state index in [1.165, 1.54) is 5.57 Å². The van der Waals surface area contributed by atoms with Gasteiger partial charge in [-0.15, -0.1) is 0 Å². The van der Waals surface area contributed by atoms with Crippen molar-refractivity contribution in [2.24, 2.45) is 17.3 Å². The first-order chi connectivity index (χ1) is 10.1. The number of hydrogen-bond donors (Lipinski definition) is 2. The molecule has 2 aliphatic heterocycles. The largest absolute Gasteiger partial charge is 0.504 e. The van der Waals surface area contributed by atoms with Crippen molar-refractivity contribution in [3.63, 3.8) is 0 Å². The first kappa shape index (κ1) is 12.1. The van der Waals surface area contributed by atoms with Gasteiger partial charge in [-0.2, -0.15) is 0 Å². The van der Waals surface area contributed by atoms with Crippen LogP contribution in [-0.2, 0) is 4.74 Å². The Morgan fingerprint density at radius 2 is 2.19 bits per heavy atom. The van der Waals surface area contributed by atoms with E-state index in [0.717, 1.165) is 13.0 Å². The minimum absolute atomic E-state index is 0.0991. The van der Waals surface area contributed by atoms with Crippen molar-refractivity contribution >= 4 is 0 Å². The summed E-state index contributed by atoms with van der Waals surface area (Å²) in [6.07, 6.45) is 10.3. The normalized spacial score (nSPS) is 49.8. The minimum atomic E-state index is -0.587. The number of rotatable bonds is 0. The molecule has 2 bridgehead atoms.